The number of hydrogen-bond donors (Lipinski definition) is 2. The zero-order valence-electron chi connectivity index (χ0n) is 16.1. The van der Waals surface area contributed by atoms with Gasteiger partial charge in [-0.15, -0.1) is 0 Å². The third-order valence-corrected chi connectivity index (χ3v) is 4.64. The summed E-state index contributed by atoms with van der Waals surface area (Å²) in [7, 11) is 0. The van der Waals surface area contributed by atoms with Gasteiger partial charge >= 0.3 is 0 Å². The zero-order valence-corrected chi connectivity index (χ0v) is 16.1. The molecule has 0 bridgehead atoms. The lowest BCUT2D eigenvalue weighted by Gasteiger charge is -2.20. The van der Waals surface area contributed by atoms with Gasteiger partial charge in [-0.2, -0.15) is 10.1 Å². The van der Waals surface area contributed by atoms with Crippen molar-refractivity contribution in [1.82, 2.24) is 15.0 Å². The highest BCUT2D eigenvalue weighted by Gasteiger charge is 2.14. The standard InChI is InChI=1S/C22H17N7O/c1-14-8-16(28-22-19-9-15(23)2-4-20(19)25-13-26-22)3-5-21(14)30-18-6-7-29-17(10-18)11-24-12-27-29/h2-10,12-13H,23H2,1H3,(H,25,26,28). The largest absolute Gasteiger partial charge is 0.457 e. The van der Waals surface area contributed by atoms with Crippen LogP contribution in [0.5, 0.6) is 5.75 Å². The van der Waals surface area contributed by atoms with Crippen LogP contribution in [0.4, 0.5) is 17.2 Å². The van der Waals surface area contributed by atoms with Gasteiger partial charge in [0.1, 0.15) is 35.7 Å². The summed E-state index contributed by atoms with van der Waals surface area (Å²) in [4.78, 5) is 12.6. The van der Waals surface area contributed by atoms with Crippen LogP contribution in [0.25, 0.3) is 10.9 Å². The molecule has 0 aliphatic carbocycles. The van der Waals surface area contributed by atoms with Gasteiger partial charge in [0.05, 0.1) is 5.52 Å². The van der Waals surface area contributed by atoms with Gasteiger partial charge in [-0.3, -0.25) is 0 Å². The fourth-order valence-electron chi connectivity index (χ4n) is 3.18. The molecule has 3 N–H and O–H groups in total. The average molecular weight is 395 g/mol. The fraction of sp³-hybridized carbons (Fsp3) is 0.0455. The number of fused-ring (bicyclic) bond motifs is 2. The first-order valence-corrected chi connectivity index (χ1v) is 9.26. The summed E-state index contributed by atoms with van der Waals surface area (Å²) < 4.78 is 6.05. The van der Waals surface area contributed by atoms with Crippen molar-refractivity contribution in [3.8, 4) is 5.75 Å². The maximum atomic E-state index is 6.05. The van der Waals surface area contributed by atoms with E-state index in [1.54, 1.807) is 11.2 Å². The van der Waals surface area contributed by atoms with E-state index < -0.39 is 0 Å². The number of rotatable bonds is 4. The molecule has 5 rings (SSSR count). The summed E-state index contributed by atoms with van der Waals surface area (Å²) in [5.74, 6) is 5.01. The lowest BCUT2D eigenvalue weighted by atomic mass is 10.1. The maximum absolute atomic E-state index is 6.05. The average Bonchev–Trinajstić information content (AvgIpc) is 2.76. The predicted molar refractivity (Wildman–Crippen MR) is 118 cm³/mol. The van der Waals surface area contributed by atoms with Crippen LogP contribution in [0, 0.1) is 6.92 Å². The molecule has 30 heavy (non-hydrogen) atoms. The van der Waals surface area contributed by atoms with E-state index in [4.69, 9.17) is 10.5 Å². The van der Waals surface area contributed by atoms with Crippen LogP contribution in [0.2, 0.25) is 0 Å². The summed E-state index contributed by atoms with van der Waals surface area (Å²) in [5.41, 5.74) is 10.00. The van der Waals surface area contributed by atoms with Crippen molar-refractivity contribution in [3.63, 3.8) is 0 Å². The number of aliphatic imine (C=N–C) groups is 1. The lowest BCUT2D eigenvalue weighted by molar-refractivity contribution is 0.422. The van der Waals surface area contributed by atoms with Gasteiger partial charge in [-0.05, 0) is 55.0 Å². The number of nitrogen functional groups attached to an aromatic ring is 1. The number of hydrazone groups is 1. The Morgan fingerprint density at radius 1 is 1.13 bits per heavy atom. The summed E-state index contributed by atoms with van der Waals surface area (Å²) in [6.45, 7) is 1.99. The highest BCUT2D eigenvalue weighted by atomic mass is 16.5. The molecule has 0 radical (unpaired) electrons. The molecule has 2 aliphatic heterocycles. The molecule has 3 heterocycles. The monoisotopic (exact) mass is 395 g/mol. The van der Waals surface area contributed by atoms with Crippen molar-refractivity contribution >= 4 is 40.3 Å². The van der Waals surface area contributed by atoms with E-state index in [-0.39, 0.29) is 0 Å². The number of aryl methyl sites for hydroxylation is 1. The van der Waals surface area contributed by atoms with Gasteiger partial charge in [-0.25, -0.2) is 15.0 Å². The van der Waals surface area contributed by atoms with Crippen molar-refractivity contribution in [2.45, 2.75) is 6.92 Å². The van der Waals surface area contributed by atoms with Gasteiger partial charge in [-0.1, -0.05) is 0 Å². The van der Waals surface area contributed by atoms with Crippen LogP contribution >= 0.6 is 0 Å². The van der Waals surface area contributed by atoms with Gasteiger partial charge in [0.15, 0.2) is 0 Å². The van der Waals surface area contributed by atoms with E-state index in [1.165, 1.54) is 12.7 Å². The van der Waals surface area contributed by atoms with Crippen LogP contribution in [0.3, 0.4) is 0 Å². The Morgan fingerprint density at radius 3 is 2.97 bits per heavy atom. The summed E-state index contributed by atoms with van der Waals surface area (Å²) in [6, 6.07) is 11.4. The van der Waals surface area contributed by atoms with Crippen molar-refractivity contribution in [1.29, 1.82) is 0 Å². The van der Waals surface area contributed by atoms with Gasteiger partial charge < -0.3 is 15.8 Å². The molecule has 146 valence electrons. The number of aromatic nitrogens is 2. The summed E-state index contributed by atoms with van der Waals surface area (Å²) in [5, 5.41) is 10.0. The molecule has 0 unspecified atom stereocenters. The Bertz CT molecular complexity index is 1320. The number of nitrogens with two attached hydrogens (primary N) is 1. The highest BCUT2D eigenvalue weighted by molar-refractivity contribution is 5.92. The molecule has 1 aromatic heterocycles. The molecule has 2 aliphatic rings. The minimum atomic E-state index is 0.663. The number of hydrogen-bond acceptors (Lipinski definition) is 8. The Morgan fingerprint density at radius 2 is 2.07 bits per heavy atom. The maximum Gasteiger partial charge on any atom is 0.146 e. The molecule has 0 fully saturated rings. The van der Waals surface area contributed by atoms with E-state index in [0.717, 1.165) is 33.6 Å². The first-order valence-electron chi connectivity index (χ1n) is 9.26. The van der Waals surface area contributed by atoms with Gasteiger partial charge in [0.2, 0.25) is 0 Å². The molecular weight excluding hydrogens is 378 g/mol. The Kier molecular flexibility index (Phi) is 4.24. The van der Waals surface area contributed by atoms with Gasteiger partial charge in [0, 0.05) is 34.9 Å². The highest BCUT2D eigenvalue weighted by Crippen LogP contribution is 2.29. The first-order chi connectivity index (χ1) is 14.7. The van der Waals surface area contributed by atoms with Crippen molar-refractivity contribution in [2.75, 3.05) is 11.1 Å². The number of ether oxygens (including phenoxy) is 1. The van der Waals surface area contributed by atoms with Crippen LogP contribution in [0.1, 0.15) is 5.56 Å². The molecule has 8 nitrogen and oxygen atoms in total. The quantitative estimate of drug-likeness (QED) is 0.651. The third kappa shape index (κ3) is 3.39. The minimum absolute atomic E-state index is 0.663. The number of allylic oxidation sites excluding steroid dienone is 2. The smallest absolute Gasteiger partial charge is 0.146 e. The van der Waals surface area contributed by atoms with E-state index >= 15 is 0 Å². The van der Waals surface area contributed by atoms with Crippen molar-refractivity contribution in [2.24, 2.45) is 10.1 Å². The Hall–Kier alpha value is -4.42. The molecule has 0 saturated carbocycles. The van der Waals surface area contributed by atoms with Gasteiger partial charge in [0.25, 0.3) is 0 Å². The molecule has 8 heteroatoms. The number of nitrogens with zero attached hydrogens (tertiary/aromatic N) is 5. The lowest BCUT2D eigenvalue weighted by Crippen LogP contribution is -2.15. The number of benzene rings is 2. The van der Waals surface area contributed by atoms with Crippen LogP contribution in [-0.4, -0.2) is 27.2 Å². The molecule has 0 spiro atoms. The second-order valence-corrected chi connectivity index (χ2v) is 6.77. The molecule has 3 aromatic rings. The SMILES string of the molecule is Cc1cc(Nc2ncnc3ccc(N)cc23)ccc1OC1=CC2=C=NC=NN2C=C1. The van der Waals surface area contributed by atoms with E-state index in [9.17, 15) is 0 Å². The van der Waals surface area contributed by atoms with Crippen molar-refractivity contribution in [3.05, 3.63) is 78.1 Å². The van der Waals surface area contributed by atoms with Crippen molar-refractivity contribution < 1.29 is 4.74 Å². The normalized spacial score (nSPS) is 14.4. The van der Waals surface area contributed by atoms with E-state index in [2.05, 4.69) is 31.2 Å². The second kappa shape index (κ2) is 7.20. The minimum Gasteiger partial charge on any atom is -0.457 e. The summed E-state index contributed by atoms with van der Waals surface area (Å²) in [6.07, 6.45) is 8.46. The Labute approximate surface area is 172 Å². The molecule has 2 aromatic carbocycles. The number of nitrogens with one attached hydrogen (secondary N) is 1. The van der Waals surface area contributed by atoms with E-state index in [0.29, 0.717) is 17.3 Å². The first kappa shape index (κ1) is 17.7. The number of anilines is 3. The molecule has 0 atom stereocenters. The topological polar surface area (TPSA) is 101 Å². The van der Waals surface area contributed by atoms with Crippen LogP contribution < -0.4 is 15.8 Å². The summed E-state index contributed by atoms with van der Waals surface area (Å²) >= 11 is 0. The van der Waals surface area contributed by atoms with E-state index in [1.807, 2.05) is 55.5 Å². The second-order valence-electron chi connectivity index (χ2n) is 6.77. The zero-order chi connectivity index (χ0) is 20.5. The third-order valence-electron chi connectivity index (χ3n) is 4.64. The molecular formula is C22H17N7O. The van der Waals surface area contributed by atoms with Crippen LogP contribution in [-0.2, 0) is 0 Å². The van der Waals surface area contributed by atoms with Crippen LogP contribution in [0.15, 0.2) is 82.6 Å². The molecule has 0 saturated heterocycles. The predicted octanol–water partition coefficient (Wildman–Crippen LogP) is 3.87. The Balaban J connectivity index is 1.38. The fourth-order valence-corrected chi connectivity index (χ4v) is 3.18. The molecule has 0 amide bonds.